The molecule has 3 aromatic rings. The van der Waals surface area contributed by atoms with Crippen LogP contribution in [0.5, 0.6) is 0 Å². The van der Waals surface area contributed by atoms with Crippen molar-refractivity contribution in [1.82, 2.24) is 25.0 Å². The minimum absolute atomic E-state index is 0.236. The molecule has 3 heterocycles. The maximum Gasteiger partial charge on any atom is 0.315 e. The Morgan fingerprint density at radius 1 is 1.17 bits per heavy atom. The third kappa shape index (κ3) is 3.62. The standard InChI is InChI=1S/C17H20N6O/c1-22(2)16-13(6-5-8-18-16)10-19-17(24)20-11-14-12-23-9-4-3-7-15(23)21-14/h3-9,12H,10-11H2,1-2H3,(H2,19,20,24). The van der Waals surface area contributed by atoms with E-state index < -0.39 is 0 Å². The van der Waals surface area contributed by atoms with Crippen molar-refractivity contribution in [1.29, 1.82) is 0 Å². The Bertz CT molecular complexity index is 809. The molecule has 0 atom stereocenters. The van der Waals surface area contributed by atoms with Crippen LogP contribution in [0.25, 0.3) is 5.65 Å². The van der Waals surface area contributed by atoms with Gasteiger partial charge in [-0.2, -0.15) is 0 Å². The van der Waals surface area contributed by atoms with E-state index in [1.54, 1.807) is 6.20 Å². The maximum absolute atomic E-state index is 12.0. The van der Waals surface area contributed by atoms with Gasteiger partial charge < -0.3 is 19.9 Å². The average molecular weight is 324 g/mol. The number of anilines is 1. The number of nitrogens with zero attached hydrogens (tertiary/aromatic N) is 4. The second-order valence-electron chi connectivity index (χ2n) is 5.62. The summed E-state index contributed by atoms with van der Waals surface area (Å²) in [5.41, 5.74) is 2.64. The molecule has 0 radical (unpaired) electrons. The van der Waals surface area contributed by atoms with E-state index in [9.17, 15) is 4.79 Å². The summed E-state index contributed by atoms with van der Waals surface area (Å²) in [5, 5.41) is 5.67. The van der Waals surface area contributed by atoms with Crippen LogP contribution in [0.3, 0.4) is 0 Å². The minimum atomic E-state index is -0.236. The van der Waals surface area contributed by atoms with Gasteiger partial charge >= 0.3 is 6.03 Å². The molecule has 3 aromatic heterocycles. The fraction of sp³-hybridized carbons (Fsp3) is 0.235. The fourth-order valence-corrected chi connectivity index (χ4v) is 2.45. The first-order valence-electron chi connectivity index (χ1n) is 7.69. The lowest BCUT2D eigenvalue weighted by atomic mass is 10.2. The quantitative estimate of drug-likeness (QED) is 0.750. The fourth-order valence-electron chi connectivity index (χ4n) is 2.45. The van der Waals surface area contributed by atoms with Crippen LogP contribution in [0.15, 0.2) is 48.9 Å². The molecule has 0 aliphatic heterocycles. The SMILES string of the molecule is CN(C)c1ncccc1CNC(=O)NCc1cn2ccccc2n1. The van der Waals surface area contributed by atoms with Gasteiger partial charge in [-0.3, -0.25) is 0 Å². The highest BCUT2D eigenvalue weighted by Crippen LogP contribution is 2.13. The van der Waals surface area contributed by atoms with Gasteiger partial charge in [-0.15, -0.1) is 0 Å². The van der Waals surface area contributed by atoms with Crippen LogP contribution in [0.1, 0.15) is 11.3 Å². The van der Waals surface area contributed by atoms with Gasteiger partial charge in [-0.25, -0.2) is 14.8 Å². The van der Waals surface area contributed by atoms with Crippen LogP contribution in [-0.2, 0) is 13.1 Å². The van der Waals surface area contributed by atoms with Crippen molar-refractivity contribution in [3.8, 4) is 0 Å². The van der Waals surface area contributed by atoms with Crippen LogP contribution in [0, 0.1) is 0 Å². The third-order valence-corrected chi connectivity index (χ3v) is 3.57. The summed E-state index contributed by atoms with van der Waals surface area (Å²) in [6, 6.07) is 9.37. The number of hydrogen-bond acceptors (Lipinski definition) is 4. The van der Waals surface area contributed by atoms with Gasteiger partial charge in [0.25, 0.3) is 0 Å². The highest BCUT2D eigenvalue weighted by atomic mass is 16.2. The lowest BCUT2D eigenvalue weighted by Crippen LogP contribution is -2.35. The second-order valence-corrected chi connectivity index (χ2v) is 5.62. The van der Waals surface area contributed by atoms with Crippen molar-refractivity contribution in [2.75, 3.05) is 19.0 Å². The summed E-state index contributed by atoms with van der Waals surface area (Å²) in [6.45, 7) is 0.791. The van der Waals surface area contributed by atoms with Gasteiger partial charge in [0.1, 0.15) is 11.5 Å². The lowest BCUT2D eigenvalue weighted by molar-refractivity contribution is 0.240. The summed E-state index contributed by atoms with van der Waals surface area (Å²) >= 11 is 0. The number of aromatic nitrogens is 3. The summed E-state index contributed by atoms with van der Waals surface area (Å²) in [6.07, 6.45) is 5.57. The number of carbonyl (C=O) groups is 1. The molecule has 0 fully saturated rings. The summed E-state index contributed by atoms with van der Waals surface area (Å²) < 4.78 is 1.92. The first-order chi connectivity index (χ1) is 11.6. The van der Waals surface area contributed by atoms with E-state index in [-0.39, 0.29) is 6.03 Å². The maximum atomic E-state index is 12.0. The van der Waals surface area contributed by atoms with Gasteiger partial charge in [0.2, 0.25) is 0 Å². The van der Waals surface area contributed by atoms with E-state index >= 15 is 0 Å². The van der Waals surface area contributed by atoms with E-state index in [0.717, 1.165) is 22.7 Å². The molecule has 24 heavy (non-hydrogen) atoms. The van der Waals surface area contributed by atoms with Crippen molar-refractivity contribution in [3.63, 3.8) is 0 Å². The number of urea groups is 1. The molecule has 7 heteroatoms. The van der Waals surface area contributed by atoms with Gasteiger partial charge in [-0.05, 0) is 18.2 Å². The third-order valence-electron chi connectivity index (χ3n) is 3.57. The molecule has 0 bridgehead atoms. The molecule has 124 valence electrons. The van der Waals surface area contributed by atoms with Crippen molar-refractivity contribution >= 4 is 17.5 Å². The lowest BCUT2D eigenvalue weighted by Gasteiger charge is -2.16. The molecule has 0 saturated carbocycles. The van der Waals surface area contributed by atoms with Crippen molar-refractivity contribution in [2.24, 2.45) is 0 Å². The van der Waals surface area contributed by atoms with Crippen LogP contribution in [-0.4, -0.2) is 34.5 Å². The Morgan fingerprint density at radius 3 is 2.79 bits per heavy atom. The highest BCUT2D eigenvalue weighted by molar-refractivity contribution is 5.74. The molecular weight excluding hydrogens is 304 g/mol. The number of amides is 2. The Kier molecular flexibility index (Phi) is 4.60. The Balaban J connectivity index is 1.54. The summed E-state index contributed by atoms with van der Waals surface area (Å²) in [7, 11) is 3.85. The summed E-state index contributed by atoms with van der Waals surface area (Å²) in [4.78, 5) is 22.7. The number of pyridine rings is 2. The molecule has 2 amide bonds. The average Bonchev–Trinajstić information content (AvgIpc) is 3.01. The van der Waals surface area contributed by atoms with Crippen molar-refractivity contribution in [2.45, 2.75) is 13.1 Å². The Labute approximate surface area is 140 Å². The van der Waals surface area contributed by atoms with E-state index in [1.807, 2.05) is 66.1 Å². The minimum Gasteiger partial charge on any atom is -0.362 e. The number of carbonyl (C=O) groups excluding carboxylic acids is 1. The van der Waals surface area contributed by atoms with Gasteiger partial charge in [0, 0.05) is 44.8 Å². The molecular formula is C17H20N6O. The molecule has 3 rings (SSSR count). The van der Waals surface area contributed by atoms with Gasteiger partial charge in [0.15, 0.2) is 0 Å². The van der Waals surface area contributed by atoms with E-state index in [1.165, 1.54) is 0 Å². The normalized spacial score (nSPS) is 10.6. The second kappa shape index (κ2) is 6.99. The van der Waals surface area contributed by atoms with Crippen LogP contribution in [0.2, 0.25) is 0 Å². The molecule has 0 spiro atoms. The molecule has 2 N–H and O–H groups in total. The smallest absolute Gasteiger partial charge is 0.315 e. The summed E-state index contributed by atoms with van der Waals surface area (Å²) in [5.74, 6) is 0.846. The topological polar surface area (TPSA) is 74.6 Å². The zero-order valence-corrected chi connectivity index (χ0v) is 13.7. The largest absolute Gasteiger partial charge is 0.362 e. The van der Waals surface area contributed by atoms with Crippen LogP contribution in [0.4, 0.5) is 10.6 Å². The van der Waals surface area contributed by atoms with Crippen molar-refractivity contribution in [3.05, 3.63) is 60.2 Å². The molecule has 0 aliphatic carbocycles. The number of fused-ring (bicyclic) bond motifs is 1. The monoisotopic (exact) mass is 324 g/mol. The van der Waals surface area contributed by atoms with E-state index in [4.69, 9.17) is 0 Å². The molecule has 0 aromatic carbocycles. The first-order valence-corrected chi connectivity index (χ1v) is 7.69. The number of imidazole rings is 1. The number of hydrogen-bond donors (Lipinski definition) is 2. The van der Waals surface area contributed by atoms with Gasteiger partial charge in [-0.1, -0.05) is 12.1 Å². The van der Waals surface area contributed by atoms with Crippen LogP contribution < -0.4 is 15.5 Å². The highest BCUT2D eigenvalue weighted by Gasteiger charge is 2.08. The van der Waals surface area contributed by atoms with Gasteiger partial charge in [0.05, 0.1) is 12.2 Å². The van der Waals surface area contributed by atoms with Crippen LogP contribution >= 0.6 is 0 Å². The first kappa shape index (κ1) is 15.8. The molecule has 0 saturated heterocycles. The predicted molar refractivity (Wildman–Crippen MR) is 92.8 cm³/mol. The number of rotatable bonds is 5. The number of nitrogens with one attached hydrogen (secondary N) is 2. The Morgan fingerprint density at radius 2 is 2.00 bits per heavy atom. The zero-order chi connectivity index (χ0) is 16.9. The van der Waals surface area contributed by atoms with E-state index in [2.05, 4.69) is 20.6 Å². The predicted octanol–water partition coefficient (Wildman–Crippen LogP) is 1.79. The zero-order valence-electron chi connectivity index (χ0n) is 13.7. The van der Waals surface area contributed by atoms with Crippen molar-refractivity contribution < 1.29 is 4.79 Å². The van der Waals surface area contributed by atoms with E-state index in [0.29, 0.717) is 13.1 Å². The molecule has 0 unspecified atom stereocenters. The molecule has 0 aliphatic rings. The molecule has 7 nitrogen and oxygen atoms in total. The Hall–Kier alpha value is -3.09.